The van der Waals surface area contributed by atoms with E-state index in [0.29, 0.717) is 19.8 Å². The fourth-order valence-corrected chi connectivity index (χ4v) is 2.59. The minimum atomic E-state index is -0.213. The highest BCUT2D eigenvalue weighted by molar-refractivity contribution is 5.45. The summed E-state index contributed by atoms with van der Waals surface area (Å²) in [6, 6.07) is 11.7. The van der Waals surface area contributed by atoms with Crippen molar-refractivity contribution in [1.29, 1.82) is 0 Å². The van der Waals surface area contributed by atoms with Crippen molar-refractivity contribution in [3.63, 3.8) is 0 Å². The van der Waals surface area contributed by atoms with E-state index in [9.17, 15) is 0 Å². The highest BCUT2D eigenvalue weighted by atomic mass is 16.6. The molecule has 1 heterocycles. The number of hydrogen-bond donors (Lipinski definition) is 1. The molecule has 2 aromatic carbocycles. The standard InChI is InChI=1S/C18H21NO3/c1-12-4-3-5-13(2)18(12)22-11-15(19)14-6-7-16-17(10-14)21-9-8-20-16/h3-7,10,15H,8-9,11,19H2,1-2H3. The molecule has 1 atom stereocenters. The summed E-state index contributed by atoms with van der Waals surface area (Å²) in [7, 11) is 0. The van der Waals surface area contributed by atoms with E-state index >= 15 is 0 Å². The predicted molar refractivity (Wildman–Crippen MR) is 85.8 cm³/mol. The lowest BCUT2D eigenvalue weighted by atomic mass is 10.1. The predicted octanol–water partition coefficient (Wildman–Crippen LogP) is 3.15. The van der Waals surface area contributed by atoms with Gasteiger partial charge < -0.3 is 19.9 Å². The Hall–Kier alpha value is -2.20. The summed E-state index contributed by atoms with van der Waals surface area (Å²) in [5.41, 5.74) is 9.48. The van der Waals surface area contributed by atoms with E-state index in [0.717, 1.165) is 33.9 Å². The van der Waals surface area contributed by atoms with Gasteiger partial charge in [0.05, 0.1) is 6.04 Å². The van der Waals surface area contributed by atoms with E-state index in [4.69, 9.17) is 19.9 Å². The highest BCUT2D eigenvalue weighted by Gasteiger charge is 2.15. The van der Waals surface area contributed by atoms with E-state index in [-0.39, 0.29) is 6.04 Å². The minimum Gasteiger partial charge on any atom is -0.491 e. The Bertz CT molecular complexity index is 649. The quantitative estimate of drug-likeness (QED) is 0.942. The number of nitrogens with two attached hydrogens (primary N) is 1. The normalized spacial score (nSPS) is 14.5. The minimum absolute atomic E-state index is 0.213. The number of para-hydroxylation sites is 1. The first kappa shape index (κ1) is 14.7. The van der Waals surface area contributed by atoms with Crippen molar-refractivity contribution in [2.24, 2.45) is 5.73 Å². The van der Waals surface area contributed by atoms with Crippen LogP contribution >= 0.6 is 0 Å². The maximum atomic E-state index is 6.25. The zero-order valence-corrected chi connectivity index (χ0v) is 13.0. The molecule has 0 bridgehead atoms. The monoisotopic (exact) mass is 299 g/mol. The van der Waals surface area contributed by atoms with Crippen LogP contribution in [0.15, 0.2) is 36.4 Å². The van der Waals surface area contributed by atoms with Crippen LogP contribution in [0.25, 0.3) is 0 Å². The highest BCUT2D eigenvalue weighted by Crippen LogP contribution is 2.32. The molecule has 3 rings (SSSR count). The largest absolute Gasteiger partial charge is 0.491 e. The Kier molecular flexibility index (Phi) is 4.20. The molecule has 1 aliphatic rings. The van der Waals surface area contributed by atoms with Gasteiger partial charge in [-0.3, -0.25) is 0 Å². The molecule has 0 saturated heterocycles. The van der Waals surface area contributed by atoms with Crippen LogP contribution in [-0.2, 0) is 0 Å². The van der Waals surface area contributed by atoms with Crippen LogP contribution in [0.5, 0.6) is 17.2 Å². The van der Waals surface area contributed by atoms with Crippen molar-refractivity contribution in [3.8, 4) is 17.2 Å². The second kappa shape index (κ2) is 6.28. The van der Waals surface area contributed by atoms with Crippen molar-refractivity contribution in [1.82, 2.24) is 0 Å². The van der Waals surface area contributed by atoms with Gasteiger partial charge in [0.15, 0.2) is 11.5 Å². The van der Waals surface area contributed by atoms with Crippen LogP contribution in [0.4, 0.5) is 0 Å². The molecule has 0 amide bonds. The summed E-state index contributed by atoms with van der Waals surface area (Å²) in [6.07, 6.45) is 0. The first-order valence-corrected chi connectivity index (χ1v) is 7.49. The number of aryl methyl sites for hydroxylation is 2. The maximum Gasteiger partial charge on any atom is 0.161 e. The third-order valence-electron chi connectivity index (χ3n) is 3.81. The summed E-state index contributed by atoms with van der Waals surface area (Å²) in [5.74, 6) is 2.44. The maximum absolute atomic E-state index is 6.25. The summed E-state index contributed by atoms with van der Waals surface area (Å²) in [6.45, 7) is 5.67. The third kappa shape index (κ3) is 3.02. The summed E-state index contributed by atoms with van der Waals surface area (Å²) < 4.78 is 17.0. The zero-order chi connectivity index (χ0) is 15.5. The molecule has 4 heteroatoms. The number of hydrogen-bond acceptors (Lipinski definition) is 4. The first-order chi connectivity index (χ1) is 10.6. The lowest BCUT2D eigenvalue weighted by Crippen LogP contribution is -2.21. The molecule has 1 aliphatic heterocycles. The molecule has 2 N–H and O–H groups in total. The van der Waals surface area contributed by atoms with Crippen molar-refractivity contribution in [2.75, 3.05) is 19.8 Å². The van der Waals surface area contributed by atoms with E-state index in [1.54, 1.807) is 0 Å². The molecule has 116 valence electrons. The summed E-state index contributed by atoms with van der Waals surface area (Å²) in [4.78, 5) is 0. The molecule has 0 aromatic heterocycles. The molecule has 1 unspecified atom stereocenters. The summed E-state index contributed by atoms with van der Waals surface area (Å²) in [5, 5.41) is 0. The topological polar surface area (TPSA) is 53.7 Å². The van der Waals surface area contributed by atoms with Crippen LogP contribution < -0.4 is 19.9 Å². The van der Waals surface area contributed by atoms with Gasteiger partial charge in [0.2, 0.25) is 0 Å². The van der Waals surface area contributed by atoms with Gasteiger partial charge in [0.1, 0.15) is 25.6 Å². The molecular weight excluding hydrogens is 278 g/mol. The van der Waals surface area contributed by atoms with Gasteiger partial charge >= 0.3 is 0 Å². The lowest BCUT2D eigenvalue weighted by Gasteiger charge is -2.21. The van der Waals surface area contributed by atoms with E-state index in [1.807, 2.05) is 50.2 Å². The third-order valence-corrected chi connectivity index (χ3v) is 3.81. The number of fused-ring (bicyclic) bond motifs is 1. The van der Waals surface area contributed by atoms with Crippen LogP contribution in [0.2, 0.25) is 0 Å². The van der Waals surface area contributed by atoms with Crippen molar-refractivity contribution < 1.29 is 14.2 Å². The Balaban J connectivity index is 1.71. The Morgan fingerprint density at radius 2 is 1.73 bits per heavy atom. The lowest BCUT2D eigenvalue weighted by molar-refractivity contribution is 0.171. The van der Waals surface area contributed by atoms with Gasteiger partial charge in [-0.2, -0.15) is 0 Å². The van der Waals surface area contributed by atoms with Crippen LogP contribution in [0.3, 0.4) is 0 Å². The summed E-state index contributed by atoms with van der Waals surface area (Å²) >= 11 is 0. The fraction of sp³-hybridized carbons (Fsp3) is 0.333. The number of benzene rings is 2. The second-order valence-corrected chi connectivity index (χ2v) is 5.54. The Morgan fingerprint density at radius 3 is 2.45 bits per heavy atom. The Morgan fingerprint density at radius 1 is 1.05 bits per heavy atom. The zero-order valence-electron chi connectivity index (χ0n) is 13.0. The van der Waals surface area contributed by atoms with E-state index in [1.165, 1.54) is 0 Å². The molecule has 0 spiro atoms. The van der Waals surface area contributed by atoms with Crippen LogP contribution in [-0.4, -0.2) is 19.8 Å². The van der Waals surface area contributed by atoms with Crippen molar-refractivity contribution in [2.45, 2.75) is 19.9 Å². The molecule has 0 radical (unpaired) electrons. The smallest absolute Gasteiger partial charge is 0.161 e. The van der Waals surface area contributed by atoms with Gasteiger partial charge in [-0.1, -0.05) is 24.3 Å². The molecule has 0 aliphatic carbocycles. The van der Waals surface area contributed by atoms with E-state index < -0.39 is 0 Å². The van der Waals surface area contributed by atoms with Gasteiger partial charge in [-0.25, -0.2) is 0 Å². The second-order valence-electron chi connectivity index (χ2n) is 5.54. The Labute approximate surface area is 130 Å². The first-order valence-electron chi connectivity index (χ1n) is 7.49. The molecule has 2 aromatic rings. The van der Waals surface area contributed by atoms with Crippen molar-refractivity contribution >= 4 is 0 Å². The molecular formula is C18H21NO3. The van der Waals surface area contributed by atoms with Gasteiger partial charge in [-0.05, 0) is 42.7 Å². The number of rotatable bonds is 4. The average Bonchev–Trinajstić information content (AvgIpc) is 2.53. The molecule has 0 saturated carbocycles. The number of ether oxygens (including phenoxy) is 3. The average molecular weight is 299 g/mol. The molecule has 22 heavy (non-hydrogen) atoms. The van der Waals surface area contributed by atoms with E-state index in [2.05, 4.69) is 0 Å². The van der Waals surface area contributed by atoms with Crippen LogP contribution in [0.1, 0.15) is 22.7 Å². The van der Waals surface area contributed by atoms with Gasteiger partial charge in [-0.15, -0.1) is 0 Å². The fourth-order valence-electron chi connectivity index (χ4n) is 2.59. The molecule has 0 fully saturated rings. The van der Waals surface area contributed by atoms with Gasteiger partial charge in [0, 0.05) is 0 Å². The van der Waals surface area contributed by atoms with Gasteiger partial charge in [0.25, 0.3) is 0 Å². The van der Waals surface area contributed by atoms with Crippen LogP contribution in [0, 0.1) is 13.8 Å². The van der Waals surface area contributed by atoms with Crippen molar-refractivity contribution in [3.05, 3.63) is 53.1 Å². The SMILES string of the molecule is Cc1cccc(C)c1OCC(N)c1ccc2c(c1)OCCO2. The molecule has 4 nitrogen and oxygen atoms in total.